The largest absolute Gasteiger partial charge is 0.380 e. The van der Waals surface area contributed by atoms with E-state index in [1.165, 1.54) is 5.69 Å². The molecule has 0 aromatic carbocycles. The van der Waals surface area contributed by atoms with Crippen LogP contribution in [-0.4, -0.2) is 37.8 Å². The first-order chi connectivity index (χ1) is 9.35. The molecule has 106 valence electrons. The van der Waals surface area contributed by atoms with Crippen LogP contribution < -0.4 is 10.2 Å². The molecule has 4 nitrogen and oxygen atoms in total. The molecule has 1 unspecified atom stereocenters. The summed E-state index contributed by atoms with van der Waals surface area (Å²) in [4.78, 5) is 6.99. The number of nitrogens with one attached hydrogen (secondary N) is 1. The first-order valence-electron chi connectivity index (χ1n) is 7.37. The van der Waals surface area contributed by atoms with E-state index in [0.717, 1.165) is 51.4 Å². The number of anilines is 1. The average molecular weight is 263 g/mol. The van der Waals surface area contributed by atoms with Gasteiger partial charge in [-0.1, -0.05) is 13.8 Å². The monoisotopic (exact) mass is 263 g/mol. The van der Waals surface area contributed by atoms with E-state index < -0.39 is 0 Å². The fourth-order valence-electron chi connectivity index (χ4n) is 2.50. The molecule has 0 aliphatic carbocycles. The molecule has 4 heteroatoms. The molecule has 1 aromatic rings. The smallest absolute Gasteiger partial charge is 0.0641 e. The SMILES string of the molecule is CCNC(CC)c1ccc(N2CCCOCC2)cn1. The molecule has 0 spiro atoms. The van der Waals surface area contributed by atoms with Crippen LogP contribution in [0.15, 0.2) is 18.3 Å². The Morgan fingerprint density at radius 1 is 1.32 bits per heavy atom. The van der Waals surface area contributed by atoms with E-state index in [1.807, 2.05) is 6.20 Å². The Kier molecular flexibility index (Phi) is 5.61. The molecule has 0 radical (unpaired) electrons. The van der Waals surface area contributed by atoms with E-state index in [0.29, 0.717) is 6.04 Å². The molecule has 0 amide bonds. The van der Waals surface area contributed by atoms with Crippen molar-refractivity contribution >= 4 is 5.69 Å². The summed E-state index contributed by atoms with van der Waals surface area (Å²) in [5, 5.41) is 3.46. The van der Waals surface area contributed by atoms with Crippen LogP contribution in [0, 0.1) is 0 Å². The molecular formula is C15H25N3O. The summed E-state index contributed by atoms with van der Waals surface area (Å²) in [6.45, 7) is 9.02. The molecule has 0 saturated carbocycles. The van der Waals surface area contributed by atoms with Crippen LogP contribution >= 0.6 is 0 Å². The number of hydrogen-bond acceptors (Lipinski definition) is 4. The summed E-state index contributed by atoms with van der Waals surface area (Å²) < 4.78 is 5.49. The molecule has 1 aliphatic heterocycles. The highest BCUT2D eigenvalue weighted by molar-refractivity contribution is 5.44. The Hall–Kier alpha value is -1.13. The lowest BCUT2D eigenvalue weighted by atomic mass is 10.1. The maximum absolute atomic E-state index is 5.49. The van der Waals surface area contributed by atoms with Gasteiger partial charge in [-0.2, -0.15) is 0 Å². The number of rotatable bonds is 5. The number of ether oxygens (including phenoxy) is 1. The molecule has 1 fully saturated rings. The fraction of sp³-hybridized carbons (Fsp3) is 0.667. The van der Waals surface area contributed by atoms with E-state index in [-0.39, 0.29) is 0 Å². The third-order valence-electron chi connectivity index (χ3n) is 3.57. The van der Waals surface area contributed by atoms with Gasteiger partial charge in [-0.05, 0) is 31.5 Å². The molecule has 19 heavy (non-hydrogen) atoms. The van der Waals surface area contributed by atoms with Gasteiger partial charge in [0, 0.05) is 25.7 Å². The molecule has 1 aromatic heterocycles. The second-order valence-electron chi connectivity index (χ2n) is 4.91. The van der Waals surface area contributed by atoms with Crippen LogP contribution in [0.5, 0.6) is 0 Å². The second kappa shape index (κ2) is 7.46. The molecule has 1 atom stereocenters. The van der Waals surface area contributed by atoms with Gasteiger partial charge in [-0.15, -0.1) is 0 Å². The van der Waals surface area contributed by atoms with Crippen molar-refractivity contribution in [3.8, 4) is 0 Å². The predicted molar refractivity (Wildman–Crippen MR) is 78.6 cm³/mol. The van der Waals surface area contributed by atoms with E-state index in [1.54, 1.807) is 0 Å². The predicted octanol–water partition coefficient (Wildman–Crippen LogP) is 2.37. The molecule has 2 heterocycles. The van der Waals surface area contributed by atoms with Crippen molar-refractivity contribution in [1.29, 1.82) is 0 Å². The third kappa shape index (κ3) is 3.91. The average Bonchev–Trinajstić information content (AvgIpc) is 2.74. The second-order valence-corrected chi connectivity index (χ2v) is 4.91. The lowest BCUT2D eigenvalue weighted by molar-refractivity contribution is 0.152. The van der Waals surface area contributed by atoms with E-state index >= 15 is 0 Å². The van der Waals surface area contributed by atoms with Gasteiger partial charge in [0.25, 0.3) is 0 Å². The van der Waals surface area contributed by atoms with Crippen LogP contribution in [0.3, 0.4) is 0 Å². The molecule has 2 rings (SSSR count). The van der Waals surface area contributed by atoms with Crippen molar-refractivity contribution in [2.75, 3.05) is 37.7 Å². The summed E-state index contributed by atoms with van der Waals surface area (Å²) in [5.41, 5.74) is 2.35. The molecular weight excluding hydrogens is 238 g/mol. The standard InChI is InChI=1S/C15H25N3O/c1-3-14(16-4-2)15-7-6-13(12-17-15)18-8-5-10-19-11-9-18/h6-7,12,14,16H,3-5,8-11H2,1-2H3. The highest BCUT2D eigenvalue weighted by Gasteiger charge is 2.12. The zero-order chi connectivity index (χ0) is 13.5. The van der Waals surface area contributed by atoms with Crippen LogP contribution in [0.4, 0.5) is 5.69 Å². The first-order valence-corrected chi connectivity index (χ1v) is 7.37. The Morgan fingerprint density at radius 2 is 2.21 bits per heavy atom. The minimum atomic E-state index is 0.367. The zero-order valence-corrected chi connectivity index (χ0v) is 12.1. The van der Waals surface area contributed by atoms with Gasteiger partial charge >= 0.3 is 0 Å². The van der Waals surface area contributed by atoms with E-state index in [9.17, 15) is 0 Å². The van der Waals surface area contributed by atoms with Crippen molar-refractivity contribution in [2.45, 2.75) is 32.7 Å². The highest BCUT2D eigenvalue weighted by atomic mass is 16.5. The Bertz CT molecular complexity index is 358. The van der Waals surface area contributed by atoms with Gasteiger partial charge < -0.3 is 15.0 Å². The van der Waals surface area contributed by atoms with E-state index in [4.69, 9.17) is 4.74 Å². The van der Waals surface area contributed by atoms with Crippen molar-refractivity contribution in [3.63, 3.8) is 0 Å². The first kappa shape index (κ1) is 14.3. The van der Waals surface area contributed by atoms with Crippen LogP contribution in [-0.2, 0) is 4.74 Å². The van der Waals surface area contributed by atoms with Crippen LogP contribution in [0.2, 0.25) is 0 Å². The topological polar surface area (TPSA) is 37.4 Å². The third-order valence-corrected chi connectivity index (χ3v) is 3.57. The lowest BCUT2D eigenvalue weighted by Crippen LogP contribution is -2.26. The van der Waals surface area contributed by atoms with Gasteiger partial charge in [0.1, 0.15) is 0 Å². The highest BCUT2D eigenvalue weighted by Crippen LogP contribution is 2.19. The summed E-state index contributed by atoms with van der Waals surface area (Å²) in [6, 6.07) is 4.71. The van der Waals surface area contributed by atoms with Gasteiger partial charge in [0.05, 0.1) is 24.2 Å². The molecule has 1 saturated heterocycles. The van der Waals surface area contributed by atoms with Gasteiger partial charge in [0.15, 0.2) is 0 Å². The molecule has 1 N–H and O–H groups in total. The summed E-state index contributed by atoms with van der Waals surface area (Å²) >= 11 is 0. The fourth-order valence-corrected chi connectivity index (χ4v) is 2.50. The number of nitrogens with zero attached hydrogens (tertiary/aromatic N) is 2. The lowest BCUT2D eigenvalue weighted by Gasteiger charge is -2.22. The maximum Gasteiger partial charge on any atom is 0.0641 e. The quantitative estimate of drug-likeness (QED) is 0.885. The van der Waals surface area contributed by atoms with Gasteiger partial charge in [-0.25, -0.2) is 0 Å². The van der Waals surface area contributed by atoms with Gasteiger partial charge in [0.2, 0.25) is 0 Å². The van der Waals surface area contributed by atoms with Crippen molar-refractivity contribution in [3.05, 3.63) is 24.0 Å². The van der Waals surface area contributed by atoms with Crippen molar-refractivity contribution in [2.24, 2.45) is 0 Å². The van der Waals surface area contributed by atoms with Crippen molar-refractivity contribution < 1.29 is 4.74 Å². The molecule has 0 bridgehead atoms. The number of pyridine rings is 1. The Labute approximate surface area is 116 Å². The number of aromatic nitrogens is 1. The Morgan fingerprint density at radius 3 is 2.89 bits per heavy atom. The minimum absolute atomic E-state index is 0.367. The van der Waals surface area contributed by atoms with Gasteiger partial charge in [-0.3, -0.25) is 4.98 Å². The van der Waals surface area contributed by atoms with Crippen molar-refractivity contribution in [1.82, 2.24) is 10.3 Å². The summed E-state index contributed by atoms with van der Waals surface area (Å²) in [6.07, 6.45) is 4.16. The number of hydrogen-bond donors (Lipinski definition) is 1. The van der Waals surface area contributed by atoms with Crippen LogP contribution in [0.1, 0.15) is 38.4 Å². The zero-order valence-electron chi connectivity index (χ0n) is 12.1. The normalized spacial score (nSPS) is 18.1. The minimum Gasteiger partial charge on any atom is -0.380 e. The summed E-state index contributed by atoms with van der Waals surface area (Å²) in [5.74, 6) is 0. The maximum atomic E-state index is 5.49. The Balaban J connectivity index is 2.04. The molecule has 1 aliphatic rings. The van der Waals surface area contributed by atoms with Crippen LogP contribution in [0.25, 0.3) is 0 Å². The van der Waals surface area contributed by atoms with E-state index in [2.05, 4.69) is 41.2 Å². The summed E-state index contributed by atoms with van der Waals surface area (Å²) in [7, 11) is 0.